The highest BCUT2D eigenvalue weighted by Crippen LogP contribution is 2.25. The fraction of sp³-hybridized carbons (Fsp3) is 0.565. The van der Waals surface area contributed by atoms with E-state index in [0.717, 1.165) is 66.3 Å². The van der Waals surface area contributed by atoms with Crippen LogP contribution in [0.4, 0.5) is 0 Å². The predicted octanol–water partition coefficient (Wildman–Crippen LogP) is 3.97. The maximum atomic E-state index is 12.8. The summed E-state index contributed by atoms with van der Waals surface area (Å²) in [6.45, 7) is 4.73. The molecule has 2 N–H and O–H groups in total. The molecule has 0 atom stereocenters. The zero-order valence-electron chi connectivity index (χ0n) is 18.0. The van der Waals surface area contributed by atoms with Crippen LogP contribution in [0.15, 0.2) is 29.1 Å². The van der Waals surface area contributed by atoms with Gasteiger partial charge in [-0.05, 0) is 62.7 Å². The summed E-state index contributed by atoms with van der Waals surface area (Å²) in [7, 11) is 1.65. The van der Waals surface area contributed by atoms with Crippen molar-refractivity contribution in [3.63, 3.8) is 0 Å². The molecule has 0 spiro atoms. The van der Waals surface area contributed by atoms with E-state index in [2.05, 4.69) is 15.2 Å². The van der Waals surface area contributed by atoms with E-state index in [4.69, 9.17) is 21.7 Å². The van der Waals surface area contributed by atoms with Crippen LogP contribution in [0.5, 0.6) is 5.75 Å². The minimum absolute atomic E-state index is 0.0624. The Morgan fingerprint density at radius 3 is 2.80 bits per heavy atom. The van der Waals surface area contributed by atoms with Crippen LogP contribution in [0.2, 0.25) is 0 Å². The van der Waals surface area contributed by atoms with E-state index in [1.807, 2.05) is 31.2 Å². The first-order chi connectivity index (χ1) is 14.6. The van der Waals surface area contributed by atoms with Gasteiger partial charge in [0.05, 0.1) is 13.7 Å². The summed E-state index contributed by atoms with van der Waals surface area (Å²) < 4.78 is 10.7. The second kappa shape index (κ2) is 11.3. The zero-order chi connectivity index (χ0) is 21.3. The Hall–Kier alpha value is -2.12. The summed E-state index contributed by atoms with van der Waals surface area (Å²) in [6.07, 6.45) is 6.82. The van der Waals surface area contributed by atoms with Gasteiger partial charge in [-0.25, -0.2) is 0 Å². The standard InChI is InChI=1S/C23H33N3O3S/c1-3-29-13-7-12-24-23(30)26(19-8-5-4-6-9-19)16-18-14-17-15-20(28-2)10-11-21(17)25-22(18)27/h10-11,14-15,19H,3-9,12-13,16H2,1-2H3,(H,24,30)(H,25,27). The SMILES string of the molecule is CCOCCCNC(=S)N(Cc1cc2cc(OC)ccc2[nH]c1=O)C1CCCCC1. The number of aromatic amines is 1. The number of pyridine rings is 1. The van der Waals surface area contributed by atoms with Gasteiger partial charge in [-0.2, -0.15) is 0 Å². The second-order valence-electron chi connectivity index (χ2n) is 7.78. The van der Waals surface area contributed by atoms with Crippen molar-refractivity contribution < 1.29 is 9.47 Å². The smallest absolute Gasteiger partial charge is 0.253 e. The van der Waals surface area contributed by atoms with Crippen molar-refractivity contribution in [2.24, 2.45) is 0 Å². The van der Waals surface area contributed by atoms with E-state index in [9.17, 15) is 4.79 Å². The molecule has 1 heterocycles. The van der Waals surface area contributed by atoms with Gasteiger partial charge in [0.1, 0.15) is 5.75 Å². The maximum absolute atomic E-state index is 12.8. The molecule has 6 nitrogen and oxygen atoms in total. The zero-order valence-corrected chi connectivity index (χ0v) is 18.9. The van der Waals surface area contributed by atoms with Gasteiger partial charge in [0, 0.05) is 42.3 Å². The Balaban J connectivity index is 1.78. The monoisotopic (exact) mass is 431 g/mol. The number of hydrogen-bond acceptors (Lipinski definition) is 4. The Bertz CT molecular complexity index is 893. The molecule has 164 valence electrons. The third kappa shape index (κ3) is 5.95. The van der Waals surface area contributed by atoms with Crippen LogP contribution in [-0.4, -0.2) is 47.9 Å². The minimum atomic E-state index is -0.0624. The van der Waals surface area contributed by atoms with E-state index >= 15 is 0 Å². The number of nitrogens with one attached hydrogen (secondary N) is 2. The van der Waals surface area contributed by atoms with Crippen LogP contribution in [0.25, 0.3) is 10.9 Å². The molecule has 0 radical (unpaired) electrons. The average Bonchev–Trinajstić information content (AvgIpc) is 2.77. The van der Waals surface area contributed by atoms with Crippen LogP contribution in [0, 0.1) is 0 Å². The number of benzene rings is 1. The number of ether oxygens (including phenoxy) is 2. The Morgan fingerprint density at radius 2 is 2.07 bits per heavy atom. The number of thiocarbonyl (C=S) groups is 1. The molecule has 1 aromatic carbocycles. The van der Waals surface area contributed by atoms with E-state index in [1.165, 1.54) is 19.3 Å². The highest BCUT2D eigenvalue weighted by atomic mass is 32.1. The van der Waals surface area contributed by atoms with Crippen LogP contribution >= 0.6 is 12.2 Å². The molecule has 1 aromatic heterocycles. The van der Waals surface area contributed by atoms with Crippen molar-refractivity contribution in [1.82, 2.24) is 15.2 Å². The maximum Gasteiger partial charge on any atom is 0.253 e. The van der Waals surface area contributed by atoms with Crippen molar-refractivity contribution in [2.75, 3.05) is 26.9 Å². The molecule has 1 aliphatic rings. The molecule has 7 heteroatoms. The summed E-state index contributed by atoms with van der Waals surface area (Å²) in [5.74, 6) is 0.774. The highest BCUT2D eigenvalue weighted by Gasteiger charge is 2.24. The van der Waals surface area contributed by atoms with Gasteiger partial charge < -0.3 is 24.7 Å². The third-order valence-corrected chi connectivity index (χ3v) is 6.07. The number of rotatable bonds is 9. The first kappa shape index (κ1) is 22.6. The van der Waals surface area contributed by atoms with E-state index in [0.29, 0.717) is 12.6 Å². The molecule has 1 saturated carbocycles. The summed E-state index contributed by atoms with van der Waals surface area (Å²) in [5, 5.41) is 5.07. The quantitative estimate of drug-likeness (QED) is 0.463. The summed E-state index contributed by atoms with van der Waals surface area (Å²) in [4.78, 5) is 18.0. The van der Waals surface area contributed by atoms with Crippen LogP contribution in [0.1, 0.15) is 51.0 Å². The van der Waals surface area contributed by atoms with Crippen molar-refractivity contribution in [2.45, 2.75) is 58.0 Å². The van der Waals surface area contributed by atoms with Crippen LogP contribution in [-0.2, 0) is 11.3 Å². The van der Waals surface area contributed by atoms with Gasteiger partial charge in [-0.3, -0.25) is 4.79 Å². The van der Waals surface area contributed by atoms with Gasteiger partial charge >= 0.3 is 0 Å². The van der Waals surface area contributed by atoms with Gasteiger partial charge in [-0.15, -0.1) is 0 Å². The first-order valence-corrected chi connectivity index (χ1v) is 11.4. The topological polar surface area (TPSA) is 66.6 Å². The van der Waals surface area contributed by atoms with E-state index in [1.54, 1.807) is 7.11 Å². The van der Waals surface area contributed by atoms with Gasteiger partial charge in [-0.1, -0.05) is 19.3 Å². The average molecular weight is 432 g/mol. The van der Waals surface area contributed by atoms with Gasteiger partial charge in [0.25, 0.3) is 5.56 Å². The predicted molar refractivity (Wildman–Crippen MR) is 125 cm³/mol. The van der Waals surface area contributed by atoms with Crippen molar-refractivity contribution >= 4 is 28.2 Å². The molecule has 1 fully saturated rings. The van der Waals surface area contributed by atoms with Crippen molar-refractivity contribution in [3.8, 4) is 5.75 Å². The largest absolute Gasteiger partial charge is 0.497 e. The molecule has 0 saturated heterocycles. The molecule has 2 aromatic rings. The molecule has 0 amide bonds. The lowest BCUT2D eigenvalue weighted by Gasteiger charge is -2.36. The lowest BCUT2D eigenvalue weighted by Crippen LogP contribution is -2.47. The lowest BCUT2D eigenvalue weighted by molar-refractivity contribution is 0.145. The van der Waals surface area contributed by atoms with E-state index < -0.39 is 0 Å². The number of methoxy groups -OCH3 is 1. The molecule has 1 aliphatic carbocycles. The molecule has 0 bridgehead atoms. The minimum Gasteiger partial charge on any atom is -0.497 e. The van der Waals surface area contributed by atoms with Crippen LogP contribution in [0.3, 0.4) is 0 Å². The molecule has 0 aliphatic heterocycles. The fourth-order valence-corrected chi connectivity index (χ4v) is 4.35. The summed E-state index contributed by atoms with van der Waals surface area (Å²) >= 11 is 5.75. The van der Waals surface area contributed by atoms with E-state index in [-0.39, 0.29) is 5.56 Å². The van der Waals surface area contributed by atoms with Crippen molar-refractivity contribution in [3.05, 3.63) is 40.2 Å². The molecular formula is C23H33N3O3S. The number of aromatic nitrogens is 1. The summed E-state index contributed by atoms with van der Waals surface area (Å²) in [5.41, 5.74) is 1.47. The Kier molecular flexibility index (Phi) is 8.51. The Labute approximate surface area is 183 Å². The molecule has 3 rings (SSSR count). The highest BCUT2D eigenvalue weighted by molar-refractivity contribution is 7.80. The summed E-state index contributed by atoms with van der Waals surface area (Å²) in [6, 6.07) is 8.01. The Morgan fingerprint density at radius 1 is 1.27 bits per heavy atom. The van der Waals surface area contributed by atoms with Crippen molar-refractivity contribution in [1.29, 1.82) is 0 Å². The number of fused-ring (bicyclic) bond motifs is 1. The van der Waals surface area contributed by atoms with Gasteiger partial charge in [0.15, 0.2) is 5.11 Å². The van der Waals surface area contributed by atoms with Gasteiger partial charge in [0.2, 0.25) is 0 Å². The number of hydrogen-bond donors (Lipinski definition) is 2. The number of nitrogens with zero attached hydrogens (tertiary/aromatic N) is 1. The first-order valence-electron chi connectivity index (χ1n) is 10.9. The third-order valence-electron chi connectivity index (χ3n) is 5.69. The second-order valence-corrected chi connectivity index (χ2v) is 8.17. The number of H-pyrrole nitrogens is 1. The fourth-order valence-electron chi connectivity index (χ4n) is 4.03. The normalized spacial score (nSPS) is 14.6. The lowest BCUT2D eigenvalue weighted by atomic mass is 9.94. The molecular weight excluding hydrogens is 398 g/mol. The molecule has 30 heavy (non-hydrogen) atoms. The molecule has 0 unspecified atom stereocenters. The van der Waals surface area contributed by atoms with Crippen LogP contribution < -0.4 is 15.6 Å².